The van der Waals surface area contributed by atoms with E-state index in [1.807, 2.05) is 24.5 Å². The molecule has 0 spiro atoms. The van der Waals surface area contributed by atoms with Crippen LogP contribution in [0.5, 0.6) is 0 Å². The van der Waals surface area contributed by atoms with E-state index < -0.39 is 0 Å². The second kappa shape index (κ2) is 7.92. The Morgan fingerprint density at radius 3 is 2.57 bits per heavy atom. The molecular weight excluding hydrogens is 390 g/mol. The molecule has 3 nitrogen and oxygen atoms in total. The number of ketones is 1. The Hall–Kier alpha value is -0.870. The Kier molecular flexibility index (Phi) is 5.54. The number of hydrogen-bond donors (Lipinski definition) is 1. The molecule has 1 aromatic rings. The van der Waals surface area contributed by atoms with Crippen LogP contribution in [-0.2, 0) is 4.79 Å². The summed E-state index contributed by atoms with van der Waals surface area (Å²) in [6.45, 7) is 5.01. The average molecular weight is 428 g/mol. The summed E-state index contributed by atoms with van der Waals surface area (Å²) in [6, 6.07) is 4.01. The second-order valence-electron chi connectivity index (χ2n) is 11.2. The fraction of sp³-hybridized carbons (Fsp3) is 0.769. The van der Waals surface area contributed by atoms with Crippen LogP contribution in [0.15, 0.2) is 29.4 Å². The minimum absolute atomic E-state index is 0.0696. The van der Waals surface area contributed by atoms with Crippen LogP contribution in [0.25, 0.3) is 0 Å². The molecule has 1 heterocycles. The number of pyridine rings is 1. The number of fused-ring (bicyclic) bond motifs is 5. The second-order valence-corrected chi connectivity index (χ2v) is 12.2. The van der Waals surface area contributed by atoms with Crippen molar-refractivity contribution in [3.05, 3.63) is 24.5 Å². The normalized spacial score (nSPS) is 45.3. The number of thioether (sulfide) groups is 1. The summed E-state index contributed by atoms with van der Waals surface area (Å²) in [6.07, 6.45) is 14.2. The van der Waals surface area contributed by atoms with Gasteiger partial charge in [0.25, 0.3) is 0 Å². The number of hydrogen-bond acceptors (Lipinski definition) is 4. The predicted octanol–water partition coefficient (Wildman–Crippen LogP) is 5.76. The van der Waals surface area contributed by atoms with E-state index in [0.29, 0.717) is 22.9 Å². The topological polar surface area (TPSA) is 50.2 Å². The van der Waals surface area contributed by atoms with Crippen LogP contribution in [0.1, 0.15) is 71.6 Å². The maximum Gasteiger partial charge on any atom is 0.146 e. The van der Waals surface area contributed by atoms with Crippen LogP contribution >= 0.6 is 11.8 Å². The highest BCUT2D eigenvalue weighted by atomic mass is 32.2. The van der Waals surface area contributed by atoms with Crippen molar-refractivity contribution < 1.29 is 9.90 Å². The Labute approximate surface area is 185 Å². The third kappa shape index (κ3) is 3.37. The van der Waals surface area contributed by atoms with Crippen molar-refractivity contribution in [2.45, 2.75) is 82.6 Å². The first-order valence-corrected chi connectivity index (χ1v) is 13.1. The first-order valence-electron chi connectivity index (χ1n) is 12.2. The molecule has 0 aromatic carbocycles. The van der Waals surface area contributed by atoms with E-state index in [-0.39, 0.29) is 17.4 Å². The molecule has 4 saturated carbocycles. The zero-order chi connectivity index (χ0) is 20.9. The fourth-order valence-corrected chi connectivity index (χ4v) is 9.28. The van der Waals surface area contributed by atoms with E-state index in [2.05, 4.69) is 18.8 Å². The van der Waals surface area contributed by atoms with Gasteiger partial charge in [-0.3, -0.25) is 9.78 Å². The molecule has 4 fully saturated rings. The average Bonchev–Trinajstić information content (AvgIpc) is 3.10. The zero-order valence-corrected chi connectivity index (χ0v) is 19.4. The van der Waals surface area contributed by atoms with Crippen molar-refractivity contribution in [2.75, 3.05) is 5.75 Å². The summed E-state index contributed by atoms with van der Waals surface area (Å²) in [5.41, 5.74) is 0.622. The Balaban J connectivity index is 1.30. The molecule has 4 heteroatoms. The highest BCUT2D eigenvalue weighted by Crippen LogP contribution is 2.67. The van der Waals surface area contributed by atoms with Gasteiger partial charge >= 0.3 is 0 Å². The van der Waals surface area contributed by atoms with E-state index in [1.54, 1.807) is 11.8 Å². The van der Waals surface area contributed by atoms with Crippen molar-refractivity contribution in [3.8, 4) is 0 Å². The summed E-state index contributed by atoms with van der Waals surface area (Å²) in [7, 11) is 0. The van der Waals surface area contributed by atoms with Gasteiger partial charge in [-0.05, 0) is 104 Å². The number of Topliss-reactive ketones (excluding diaryl/α,β-unsaturated/α-hetero) is 1. The summed E-state index contributed by atoms with van der Waals surface area (Å²) >= 11 is 1.68. The summed E-state index contributed by atoms with van der Waals surface area (Å²) in [5, 5.41) is 10.2. The highest BCUT2D eigenvalue weighted by Gasteiger charge is 2.60. The number of nitrogens with zero attached hydrogens (tertiary/aromatic N) is 1. The minimum atomic E-state index is -0.0696. The SMILES string of the molecule is C[C@]12CC[C@@H](O)C[C@@H]1CC[C@@H]1[C@@H]2CC[C@]2(C)[C@@H](C(=O)CSc3ccncc3)CC[C@@H]12. The molecule has 1 aromatic heterocycles. The number of aromatic nitrogens is 1. The third-order valence-electron chi connectivity index (χ3n) is 10.1. The number of carbonyl (C=O) groups excluding carboxylic acids is 1. The van der Waals surface area contributed by atoms with Crippen molar-refractivity contribution in [2.24, 2.45) is 40.4 Å². The van der Waals surface area contributed by atoms with E-state index in [1.165, 1.54) is 38.5 Å². The van der Waals surface area contributed by atoms with Gasteiger partial charge in [-0.15, -0.1) is 11.8 Å². The number of aliphatic hydroxyl groups excluding tert-OH is 1. The first kappa shape index (κ1) is 21.0. The number of rotatable bonds is 4. The minimum Gasteiger partial charge on any atom is -0.393 e. The first-order chi connectivity index (χ1) is 14.4. The van der Waals surface area contributed by atoms with Gasteiger partial charge in [-0.25, -0.2) is 0 Å². The fourth-order valence-electron chi connectivity index (χ4n) is 8.45. The van der Waals surface area contributed by atoms with Gasteiger partial charge in [0.1, 0.15) is 5.78 Å². The monoisotopic (exact) mass is 427 g/mol. The van der Waals surface area contributed by atoms with E-state index >= 15 is 0 Å². The lowest BCUT2D eigenvalue weighted by Crippen LogP contribution is -2.54. The lowest BCUT2D eigenvalue weighted by molar-refractivity contribution is -0.138. The number of carbonyl (C=O) groups is 1. The summed E-state index contributed by atoms with van der Waals surface area (Å²) in [5.74, 6) is 4.36. The molecule has 4 aliphatic rings. The maximum absolute atomic E-state index is 13.3. The molecule has 30 heavy (non-hydrogen) atoms. The Morgan fingerprint density at radius 2 is 1.77 bits per heavy atom. The molecule has 4 aliphatic carbocycles. The van der Waals surface area contributed by atoms with Crippen molar-refractivity contribution >= 4 is 17.5 Å². The van der Waals surface area contributed by atoms with Crippen LogP contribution in [0.3, 0.4) is 0 Å². The molecule has 8 atom stereocenters. The third-order valence-corrected chi connectivity index (χ3v) is 11.1. The van der Waals surface area contributed by atoms with Gasteiger partial charge in [0.2, 0.25) is 0 Å². The van der Waals surface area contributed by atoms with Gasteiger partial charge in [-0.1, -0.05) is 13.8 Å². The van der Waals surface area contributed by atoms with Gasteiger partial charge < -0.3 is 5.11 Å². The van der Waals surface area contributed by atoms with Crippen LogP contribution in [0.2, 0.25) is 0 Å². The lowest BCUT2D eigenvalue weighted by Gasteiger charge is -2.60. The Morgan fingerprint density at radius 1 is 1.03 bits per heavy atom. The van der Waals surface area contributed by atoms with Gasteiger partial charge in [-0.2, -0.15) is 0 Å². The molecule has 0 bridgehead atoms. The van der Waals surface area contributed by atoms with E-state index in [4.69, 9.17) is 0 Å². The molecule has 5 rings (SSSR count). The quantitative estimate of drug-likeness (QED) is 0.620. The molecular formula is C26H37NO2S. The van der Waals surface area contributed by atoms with Crippen molar-refractivity contribution in [1.82, 2.24) is 4.98 Å². The van der Waals surface area contributed by atoms with Gasteiger partial charge in [0.15, 0.2) is 0 Å². The molecule has 0 amide bonds. The number of aliphatic hydroxyl groups is 1. The smallest absolute Gasteiger partial charge is 0.146 e. The standard InChI is InChI=1S/C26H37NO2S/c1-25-11-7-18(28)15-17(25)3-4-20-21-5-6-23(26(21,2)12-8-22(20)25)24(29)16-30-19-9-13-27-14-10-19/h9-10,13-14,17-18,20-23,28H,3-8,11-12,15-16H2,1-2H3/t17-,18+,20-,21-,22-,23+,25-,26-/m0/s1. The highest BCUT2D eigenvalue weighted by molar-refractivity contribution is 8.00. The molecule has 0 saturated heterocycles. The molecule has 0 aliphatic heterocycles. The molecule has 0 radical (unpaired) electrons. The predicted molar refractivity (Wildman–Crippen MR) is 121 cm³/mol. The van der Waals surface area contributed by atoms with Crippen LogP contribution in [-0.4, -0.2) is 27.7 Å². The van der Waals surface area contributed by atoms with E-state index in [9.17, 15) is 9.90 Å². The van der Waals surface area contributed by atoms with Gasteiger partial charge in [0, 0.05) is 23.2 Å². The van der Waals surface area contributed by atoms with Gasteiger partial charge in [0.05, 0.1) is 11.9 Å². The van der Waals surface area contributed by atoms with Crippen molar-refractivity contribution in [1.29, 1.82) is 0 Å². The summed E-state index contributed by atoms with van der Waals surface area (Å²) in [4.78, 5) is 18.5. The zero-order valence-electron chi connectivity index (χ0n) is 18.6. The molecule has 164 valence electrons. The van der Waals surface area contributed by atoms with E-state index in [0.717, 1.165) is 41.9 Å². The van der Waals surface area contributed by atoms with Crippen LogP contribution in [0, 0.1) is 40.4 Å². The Bertz CT molecular complexity index is 784. The molecule has 1 N–H and O–H groups in total. The van der Waals surface area contributed by atoms with Crippen LogP contribution < -0.4 is 0 Å². The summed E-state index contributed by atoms with van der Waals surface area (Å²) < 4.78 is 0. The maximum atomic E-state index is 13.3. The lowest BCUT2D eigenvalue weighted by atomic mass is 9.44. The molecule has 0 unspecified atom stereocenters. The van der Waals surface area contributed by atoms with Crippen LogP contribution in [0.4, 0.5) is 0 Å². The van der Waals surface area contributed by atoms with Crippen molar-refractivity contribution in [3.63, 3.8) is 0 Å². The largest absolute Gasteiger partial charge is 0.393 e.